The molecule has 1 fully saturated rings. The van der Waals surface area contributed by atoms with Crippen molar-refractivity contribution in [3.05, 3.63) is 28.5 Å². The van der Waals surface area contributed by atoms with Crippen LogP contribution in [0.2, 0.25) is 0 Å². The van der Waals surface area contributed by atoms with Gasteiger partial charge >= 0.3 is 0 Å². The zero-order valence-electron chi connectivity index (χ0n) is 11.9. The van der Waals surface area contributed by atoms with E-state index in [2.05, 4.69) is 46.5 Å². The monoisotopic (exact) mass is 354 g/mol. The Bertz CT molecular complexity index is 622. The third kappa shape index (κ3) is 2.39. The van der Waals surface area contributed by atoms with Gasteiger partial charge in [0.1, 0.15) is 5.82 Å². The molecule has 4 heteroatoms. The zero-order chi connectivity index (χ0) is 14.3. The summed E-state index contributed by atoms with van der Waals surface area (Å²) in [6.45, 7) is 4.74. The molecule has 1 aromatic heterocycles. The molecule has 1 aliphatic rings. The lowest BCUT2D eigenvalue weighted by Gasteiger charge is -2.36. The van der Waals surface area contributed by atoms with Crippen LogP contribution >= 0.6 is 27.5 Å². The van der Waals surface area contributed by atoms with Crippen molar-refractivity contribution in [2.24, 2.45) is 11.8 Å². The summed E-state index contributed by atoms with van der Waals surface area (Å²) >= 11 is 9.73. The number of fused-ring (bicyclic) bond motifs is 1. The van der Waals surface area contributed by atoms with Gasteiger partial charge in [-0.3, -0.25) is 0 Å². The summed E-state index contributed by atoms with van der Waals surface area (Å²) in [4.78, 5) is 4.72. The molecular formula is C16H20BrClN2. The van der Waals surface area contributed by atoms with Crippen LogP contribution in [0, 0.1) is 11.8 Å². The summed E-state index contributed by atoms with van der Waals surface area (Å²) in [5.41, 5.74) is 2.26. The smallest absolute Gasteiger partial charge is 0.125 e. The Balaban J connectivity index is 2.15. The van der Waals surface area contributed by atoms with E-state index in [-0.39, 0.29) is 0 Å². The number of benzene rings is 1. The Morgan fingerprint density at radius 3 is 2.90 bits per heavy atom. The number of rotatable bonds is 2. The van der Waals surface area contributed by atoms with Gasteiger partial charge in [-0.05, 0) is 36.5 Å². The van der Waals surface area contributed by atoms with E-state index in [0.29, 0.717) is 17.8 Å². The molecule has 0 N–H and O–H groups in total. The third-order valence-electron chi connectivity index (χ3n) is 4.84. The van der Waals surface area contributed by atoms with Crippen LogP contribution in [0.5, 0.6) is 0 Å². The van der Waals surface area contributed by atoms with Gasteiger partial charge in [-0.25, -0.2) is 4.98 Å². The number of halogens is 2. The molecule has 1 saturated carbocycles. The minimum atomic E-state index is 0.476. The SMILES string of the molecule is CC1CCCC(n2c(CCl)nc3ccc(Br)cc32)C1C. The van der Waals surface area contributed by atoms with Crippen LogP contribution in [-0.4, -0.2) is 9.55 Å². The van der Waals surface area contributed by atoms with E-state index in [1.807, 2.05) is 6.07 Å². The van der Waals surface area contributed by atoms with Gasteiger partial charge in [0, 0.05) is 10.5 Å². The van der Waals surface area contributed by atoms with Gasteiger partial charge < -0.3 is 4.57 Å². The average Bonchev–Trinajstić information content (AvgIpc) is 2.79. The molecule has 0 spiro atoms. The predicted octanol–water partition coefficient (Wildman–Crippen LogP) is 5.53. The van der Waals surface area contributed by atoms with Crippen molar-refractivity contribution in [3.8, 4) is 0 Å². The summed E-state index contributed by atoms with van der Waals surface area (Å²) in [5, 5.41) is 0. The Morgan fingerprint density at radius 2 is 2.15 bits per heavy atom. The van der Waals surface area contributed by atoms with Crippen molar-refractivity contribution < 1.29 is 0 Å². The van der Waals surface area contributed by atoms with E-state index in [4.69, 9.17) is 16.6 Å². The molecule has 3 unspecified atom stereocenters. The van der Waals surface area contributed by atoms with Crippen molar-refractivity contribution in [1.29, 1.82) is 0 Å². The van der Waals surface area contributed by atoms with Gasteiger partial charge in [0.05, 0.1) is 16.9 Å². The molecule has 2 nitrogen and oxygen atoms in total. The van der Waals surface area contributed by atoms with Crippen molar-refractivity contribution in [2.45, 2.75) is 45.0 Å². The summed E-state index contributed by atoms with van der Waals surface area (Å²) in [6, 6.07) is 6.81. The van der Waals surface area contributed by atoms with E-state index >= 15 is 0 Å². The van der Waals surface area contributed by atoms with E-state index in [0.717, 1.165) is 21.7 Å². The van der Waals surface area contributed by atoms with Crippen molar-refractivity contribution in [2.75, 3.05) is 0 Å². The summed E-state index contributed by atoms with van der Waals surface area (Å²) < 4.78 is 3.50. The van der Waals surface area contributed by atoms with E-state index in [9.17, 15) is 0 Å². The maximum Gasteiger partial charge on any atom is 0.125 e. The van der Waals surface area contributed by atoms with Crippen molar-refractivity contribution in [1.82, 2.24) is 9.55 Å². The fraction of sp³-hybridized carbons (Fsp3) is 0.562. The number of nitrogens with zero attached hydrogens (tertiary/aromatic N) is 2. The van der Waals surface area contributed by atoms with Gasteiger partial charge in [0.25, 0.3) is 0 Å². The first-order valence-corrected chi connectivity index (χ1v) is 8.67. The van der Waals surface area contributed by atoms with Gasteiger partial charge in [-0.1, -0.05) is 42.6 Å². The Labute approximate surface area is 133 Å². The highest BCUT2D eigenvalue weighted by molar-refractivity contribution is 9.10. The standard InChI is InChI=1S/C16H20BrClN2/c1-10-4-3-5-14(11(10)2)20-15-8-12(17)6-7-13(15)19-16(20)9-18/h6-8,10-11,14H,3-5,9H2,1-2H3. The molecule has 0 radical (unpaired) electrons. The first kappa shape index (κ1) is 14.4. The molecule has 1 aromatic carbocycles. The molecule has 20 heavy (non-hydrogen) atoms. The first-order valence-electron chi connectivity index (χ1n) is 7.34. The van der Waals surface area contributed by atoms with Crippen molar-refractivity contribution >= 4 is 38.6 Å². The lowest BCUT2D eigenvalue weighted by atomic mass is 9.78. The number of imidazole rings is 1. The van der Waals surface area contributed by atoms with Gasteiger partial charge in [-0.2, -0.15) is 0 Å². The number of alkyl halides is 1. The van der Waals surface area contributed by atoms with Gasteiger partial charge in [-0.15, -0.1) is 11.6 Å². The molecule has 3 atom stereocenters. The molecule has 1 heterocycles. The third-order valence-corrected chi connectivity index (χ3v) is 5.57. The molecule has 2 aromatic rings. The van der Waals surface area contributed by atoms with Crippen LogP contribution in [0.15, 0.2) is 22.7 Å². The molecule has 0 saturated heterocycles. The second kappa shape index (κ2) is 5.69. The zero-order valence-corrected chi connectivity index (χ0v) is 14.3. The number of aromatic nitrogens is 2. The van der Waals surface area contributed by atoms with Crippen LogP contribution in [0.4, 0.5) is 0 Å². The summed E-state index contributed by atoms with van der Waals surface area (Å²) in [6.07, 6.45) is 3.86. The second-order valence-corrected chi connectivity index (χ2v) is 7.18. The van der Waals surface area contributed by atoms with E-state index in [1.54, 1.807) is 0 Å². The van der Waals surface area contributed by atoms with Crippen LogP contribution < -0.4 is 0 Å². The van der Waals surface area contributed by atoms with Gasteiger partial charge in [0.2, 0.25) is 0 Å². The molecule has 0 bridgehead atoms. The number of hydrogen-bond donors (Lipinski definition) is 0. The lowest BCUT2D eigenvalue weighted by molar-refractivity contribution is 0.187. The highest BCUT2D eigenvalue weighted by Crippen LogP contribution is 2.40. The van der Waals surface area contributed by atoms with Crippen molar-refractivity contribution in [3.63, 3.8) is 0 Å². The highest BCUT2D eigenvalue weighted by atomic mass is 79.9. The topological polar surface area (TPSA) is 17.8 Å². The Kier molecular flexibility index (Phi) is 4.09. The average molecular weight is 356 g/mol. The largest absolute Gasteiger partial charge is 0.324 e. The van der Waals surface area contributed by atoms with E-state index < -0.39 is 0 Å². The molecule has 1 aliphatic carbocycles. The quantitative estimate of drug-likeness (QED) is 0.647. The maximum absolute atomic E-state index is 6.15. The fourth-order valence-electron chi connectivity index (χ4n) is 3.50. The first-order chi connectivity index (χ1) is 9.61. The minimum Gasteiger partial charge on any atom is -0.324 e. The van der Waals surface area contributed by atoms with Gasteiger partial charge in [0.15, 0.2) is 0 Å². The maximum atomic E-state index is 6.15. The summed E-state index contributed by atoms with van der Waals surface area (Å²) in [7, 11) is 0. The Hall–Kier alpha value is -0.540. The lowest BCUT2D eigenvalue weighted by Crippen LogP contribution is -2.27. The van der Waals surface area contributed by atoms with Crippen LogP contribution in [0.3, 0.4) is 0 Å². The molecular weight excluding hydrogens is 336 g/mol. The predicted molar refractivity (Wildman–Crippen MR) is 88.2 cm³/mol. The van der Waals surface area contributed by atoms with Crippen LogP contribution in [0.25, 0.3) is 11.0 Å². The van der Waals surface area contributed by atoms with Crippen LogP contribution in [0.1, 0.15) is 45.0 Å². The van der Waals surface area contributed by atoms with Crippen LogP contribution in [-0.2, 0) is 5.88 Å². The minimum absolute atomic E-state index is 0.476. The number of hydrogen-bond acceptors (Lipinski definition) is 1. The highest BCUT2D eigenvalue weighted by Gasteiger charge is 2.30. The summed E-state index contributed by atoms with van der Waals surface area (Å²) in [5.74, 6) is 2.92. The second-order valence-electron chi connectivity index (χ2n) is 6.00. The normalized spacial score (nSPS) is 27.1. The fourth-order valence-corrected chi connectivity index (χ4v) is 4.04. The molecule has 108 valence electrons. The van der Waals surface area contributed by atoms with E-state index in [1.165, 1.54) is 24.8 Å². The Morgan fingerprint density at radius 1 is 1.35 bits per heavy atom. The molecule has 0 aliphatic heterocycles. The molecule has 0 amide bonds. The molecule has 3 rings (SSSR count).